The van der Waals surface area contributed by atoms with Crippen LogP contribution in [0.1, 0.15) is 46.0 Å². The molecule has 1 aliphatic heterocycles. The number of imidazole rings is 1. The molecule has 0 bridgehead atoms. The molecule has 0 spiro atoms. The van der Waals surface area contributed by atoms with Crippen LogP contribution in [0.3, 0.4) is 0 Å². The van der Waals surface area contributed by atoms with Crippen LogP contribution in [0.15, 0.2) is 23.1 Å². The summed E-state index contributed by atoms with van der Waals surface area (Å²) in [5, 5.41) is 0. The summed E-state index contributed by atoms with van der Waals surface area (Å²) in [6.07, 6.45) is -0.250. The number of H-pyrrole nitrogens is 1. The van der Waals surface area contributed by atoms with Gasteiger partial charge >= 0.3 is 6.09 Å². The zero-order valence-electron chi connectivity index (χ0n) is 16.7. The Hall–Kier alpha value is -2.13. The first kappa shape index (κ1) is 20.6. The third-order valence-corrected chi connectivity index (χ3v) is 6.24. The quantitative estimate of drug-likeness (QED) is 0.833. The Balaban J connectivity index is 1.80. The van der Waals surface area contributed by atoms with Gasteiger partial charge in [0.2, 0.25) is 0 Å². The maximum Gasteiger partial charge on any atom is 0.410 e. The molecule has 1 aromatic carbocycles. The highest BCUT2D eigenvalue weighted by Gasteiger charge is 2.30. The van der Waals surface area contributed by atoms with Gasteiger partial charge in [-0.25, -0.2) is 18.2 Å². The predicted molar refractivity (Wildman–Crippen MR) is 105 cm³/mol. The lowest BCUT2D eigenvalue weighted by molar-refractivity contribution is -0.0458. The fourth-order valence-corrected chi connectivity index (χ4v) is 4.39. The van der Waals surface area contributed by atoms with E-state index in [1.54, 1.807) is 23.1 Å². The van der Waals surface area contributed by atoms with Crippen molar-refractivity contribution in [2.45, 2.75) is 50.7 Å². The maximum atomic E-state index is 12.3. The first-order valence-electron chi connectivity index (χ1n) is 9.41. The summed E-state index contributed by atoms with van der Waals surface area (Å²) in [7, 11) is -3.30. The van der Waals surface area contributed by atoms with Crippen LogP contribution in [0.4, 0.5) is 4.79 Å². The van der Waals surface area contributed by atoms with Gasteiger partial charge in [0, 0.05) is 6.54 Å². The van der Waals surface area contributed by atoms with Gasteiger partial charge < -0.3 is 19.4 Å². The summed E-state index contributed by atoms with van der Waals surface area (Å²) in [5.41, 5.74) is 0.721. The van der Waals surface area contributed by atoms with Gasteiger partial charge in [-0.15, -0.1) is 0 Å². The van der Waals surface area contributed by atoms with Crippen molar-refractivity contribution in [1.82, 2.24) is 14.9 Å². The molecule has 28 heavy (non-hydrogen) atoms. The van der Waals surface area contributed by atoms with Crippen LogP contribution in [0.25, 0.3) is 11.0 Å². The number of aromatic amines is 1. The Kier molecular flexibility index (Phi) is 5.67. The number of nitrogens with zero attached hydrogens (tertiary/aromatic N) is 2. The van der Waals surface area contributed by atoms with Crippen molar-refractivity contribution in [3.8, 4) is 0 Å². The van der Waals surface area contributed by atoms with E-state index in [2.05, 4.69) is 9.97 Å². The molecule has 1 atom stereocenters. The first-order chi connectivity index (χ1) is 13.1. The number of morpholine rings is 1. The lowest BCUT2D eigenvalue weighted by Crippen LogP contribution is -2.44. The van der Waals surface area contributed by atoms with Gasteiger partial charge in [-0.3, -0.25) is 0 Å². The van der Waals surface area contributed by atoms with Crippen molar-refractivity contribution >= 4 is 27.0 Å². The molecule has 1 aromatic heterocycles. The number of carbonyl (C=O) groups is 1. The van der Waals surface area contributed by atoms with E-state index in [-0.39, 0.29) is 16.7 Å². The Morgan fingerprint density at radius 3 is 2.82 bits per heavy atom. The number of amides is 1. The Bertz CT molecular complexity index is 962. The summed E-state index contributed by atoms with van der Waals surface area (Å²) in [6, 6.07) is 4.87. The van der Waals surface area contributed by atoms with E-state index in [1.165, 1.54) is 0 Å². The van der Waals surface area contributed by atoms with E-state index >= 15 is 0 Å². The van der Waals surface area contributed by atoms with Gasteiger partial charge in [0.1, 0.15) is 17.5 Å². The zero-order valence-corrected chi connectivity index (χ0v) is 17.5. The minimum atomic E-state index is -3.30. The van der Waals surface area contributed by atoms with Gasteiger partial charge in [0.25, 0.3) is 0 Å². The number of hydrogen-bond acceptors (Lipinski definition) is 6. The monoisotopic (exact) mass is 409 g/mol. The Labute approximate surface area is 165 Å². The predicted octanol–water partition coefficient (Wildman–Crippen LogP) is 3.06. The summed E-state index contributed by atoms with van der Waals surface area (Å²) < 4.78 is 35.8. The number of benzene rings is 1. The molecule has 0 aliphatic carbocycles. The van der Waals surface area contributed by atoms with E-state index in [9.17, 15) is 13.2 Å². The summed E-state index contributed by atoms with van der Waals surface area (Å²) in [5.74, 6) is 0.670. The second-order valence-corrected chi connectivity index (χ2v) is 10.0. The highest BCUT2D eigenvalue weighted by Crippen LogP contribution is 2.25. The number of sulfone groups is 1. The number of ether oxygens (including phenoxy) is 2. The van der Waals surface area contributed by atoms with Crippen molar-refractivity contribution in [3.63, 3.8) is 0 Å². The average molecular weight is 410 g/mol. The van der Waals surface area contributed by atoms with Gasteiger partial charge in [-0.1, -0.05) is 6.92 Å². The summed E-state index contributed by atoms with van der Waals surface area (Å²) in [4.78, 5) is 21.9. The van der Waals surface area contributed by atoms with Crippen LogP contribution in [0, 0.1) is 0 Å². The van der Waals surface area contributed by atoms with Crippen LogP contribution >= 0.6 is 0 Å². The van der Waals surface area contributed by atoms with E-state index in [0.29, 0.717) is 43.0 Å². The minimum absolute atomic E-state index is 0.107. The SMILES string of the molecule is CCCS(=O)(=O)c1ccc2nc(C3CN(C(=O)OC(C)(C)C)CCO3)[nH]c2c1. The van der Waals surface area contributed by atoms with Crippen LogP contribution in [-0.4, -0.2) is 60.4 Å². The largest absolute Gasteiger partial charge is 0.444 e. The van der Waals surface area contributed by atoms with Crippen LogP contribution in [-0.2, 0) is 19.3 Å². The van der Waals surface area contributed by atoms with E-state index in [4.69, 9.17) is 9.47 Å². The molecule has 1 amide bonds. The normalized spacial score (nSPS) is 18.4. The Morgan fingerprint density at radius 2 is 2.14 bits per heavy atom. The first-order valence-corrected chi connectivity index (χ1v) is 11.1. The number of rotatable bonds is 4. The fraction of sp³-hybridized carbons (Fsp3) is 0.579. The van der Waals surface area contributed by atoms with E-state index in [1.807, 2.05) is 27.7 Å². The summed E-state index contributed by atoms with van der Waals surface area (Å²) >= 11 is 0. The van der Waals surface area contributed by atoms with Crippen LogP contribution in [0.5, 0.6) is 0 Å². The van der Waals surface area contributed by atoms with Crippen molar-refractivity contribution < 1.29 is 22.7 Å². The molecule has 2 aromatic rings. The molecular formula is C19H27N3O5S. The highest BCUT2D eigenvalue weighted by molar-refractivity contribution is 7.91. The van der Waals surface area contributed by atoms with E-state index < -0.39 is 21.5 Å². The second-order valence-electron chi connectivity index (χ2n) is 7.91. The lowest BCUT2D eigenvalue weighted by atomic mass is 10.2. The van der Waals surface area contributed by atoms with Crippen molar-refractivity contribution in [2.24, 2.45) is 0 Å². The van der Waals surface area contributed by atoms with Crippen LogP contribution < -0.4 is 0 Å². The van der Waals surface area contributed by atoms with E-state index in [0.717, 1.165) is 0 Å². The van der Waals surface area contributed by atoms with Crippen LogP contribution in [0.2, 0.25) is 0 Å². The molecule has 1 N–H and O–H groups in total. The summed E-state index contributed by atoms with van der Waals surface area (Å²) in [6.45, 7) is 8.45. The molecule has 0 saturated carbocycles. The zero-order chi connectivity index (χ0) is 20.5. The lowest BCUT2D eigenvalue weighted by Gasteiger charge is -2.33. The highest BCUT2D eigenvalue weighted by atomic mass is 32.2. The number of carbonyl (C=O) groups excluding carboxylic acids is 1. The molecule has 0 radical (unpaired) electrons. The van der Waals surface area contributed by atoms with Crippen molar-refractivity contribution in [1.29, 1.82) is 0 Å². The second kappa shape index (κ2) is 7.71. The maximum absolute atomic E-state index is 12.3. The Morgan fingerprint density at radius 1 is 1.39 bits per heavy atom. The van der Waals surface area contributed by atoms with Crippen molar-refractivity contribution in [3.05, 3.63) is 24.0 Å². The number of aromatic nitrogens is 2. The fourth-order valence-electron chi connectivity index (χ4n) is 3.05. The standard InChI is InChI=1S/C19H27N3O5S/c1-5-10-28(24,25)13-6-7-14-15(11-13)21-17(20-14)16-12-22(8-9-26-16)18(23)27-19(2,3)4/h6-7,11,16H,5,8-10,12H2,1-4H3,(H,20,21). The molecule has 1 aliphatic rings. The number of hydrogen-bond donors (Lipinski definition) is 1. The van der Waals surface area contributed by atoms with Gasteiger partial charge in [0.05, 0.1) is 34.8 Å². The topological polar surface area (TPSA) is 102 Å². The molecule has 154 valence electrons. The smallest absolute Gasteiger partial charge is 0.410 e. The molecule has 1 unspecified atom stereocenters. The third kappa shape index (κ3) is 4.64. The molecule has 8 nitrogen and oxygen atoms in total. The number of fused-ring (bicyclic) bond motifs is 1. The van der Waals surface area contributed by atoms with Gasteiger partial charge in [-0.2, -0.15) is 0 Å². The molecule has 2 heterocycles. The minimum Gasteiger partial charge on any atom is -0.444 e. The molecule has 1 fully saturated rings. The molecule has 9 heteroatoms. The molecule has 1 saturated heterocycles. The molecular weight excluding hydrogens is 382 g/mol. The van der Waals surface area contributed by atoms with Gasteiger partial charge in [0.15, 0.2) is 9.84 Å². The number of nitrogens with one attached hydrogen (secondary N) is 1. The molecule has 3 rings (SSSR count). The van der Waals surface area contributed by atoms with Gasteiger partial charge in [-0.05, 0) is 45.4 Å². The third-order valence-electron chi connectivity index (χ3n) is 4.33. The van der Waals surface area contributed by atoms with Crippen molar-refractivity contribution in [2.75, 3.05) is 25.4 Å². The average Bonchev–Trinajstić information content (AvgIpc) is 3.03.